The number of rotatable bonds is 2. The molecule has 2 aromatic heterocycles. The van der Waals surface area contributed by atoms with Crippen LogP contribution in [0.2, 0.25) is 0 Å². The Labute approximate surface area is 295 Å². The summed E-state index contributed by atoms with van der Waals surface area (Å²) in [5, 5.41) is 12.5. The SMILES string of the molecule is CC1(C)c2cc3c4ccccc4c4ccccc4c3cc2-c2c1cc(-c1ccc3ccc4ccc(-c5ccccc5)nc4c3n1)c1ccccc21. The maximum Gasteiger partial charge on any atom is 0.0972 e. The lowest BCUT2D eigenvalue weighted by atomic mass is 9.80. The molecule has 0 bridgehead atoms. The van der Waals surface area contributed by atoms with Gasteiger partial charge in [-0.15, -0.1) is 0 Å². The molecule has 2 heterocycles. The summed E-state index contributed by atoms with van der Waals surface area (Å²) >= 11 is 0. The van der Waals surface area contributed by atoms with E-state index in [1.54, 1.807) is 0 Å². The quantitative estimate of drug-likeness (QED) is 0.174. The van der Waals surface area contributed by atoms with Crippen LogP contribution in [0.1, 0.15) is 25.0 Å². The van der Waals surface area contributed by atoms with Gasteiger partial charge in [0.15, 0.2) is 0 Å². The predicted molar refractivity (Wildman–Crippen MR) is 216 cm³/mol. The van der Waals surface area contributed by atoms with Crippen LogP contribution < -0.4 is 0 Å². The van der Waals surface area contributed by atoms with Gasteiger partial charge in [0.2, 0.25) is 0 Å². The fourth-order valence-electron chi connectivity index (χ4n) is 8.88. The molecular formula is C49H32N2. The highest BCUT2D eigenvalue weighted by Gasteiger charge is 2.38. The molecule has 11 rings (SSSR count). The van der Waals surface area contributed by atoms with E-state index in [1.165, 1.54) is 65.3 Å². The van der Waals surface area contributed by atoms with Crippen LogP contribution in [-0.4, -0.2) is 9.97 Å². The largest absolute Gasteiger partial charge is 0.245 e. The molecular weight excluding hydrogens is 617 g/mol. The van der Waals surface area contributed by atoms with Crippen molar-refractivity contribution in [3.8, 4) is 33.6 Å². The molecule has 0 N–H and O–H groups in total. The normalized spacial score (nSPS) is 13.5. The average molecular weight is 649 g/mol. The minimum Gasteiger partial charge on any atom is -0.245 e. The monoisotopic (exact) mass is 648 g/mol. The molecule has 10 aromatic rings. The molecule has 2 heteroatoms. The van der Waals surface area contributed by atoms with Gasteiger partial charge in [0.05, 0.1) is 22.4 Å². The van der Waals surface area contributed by atoms with Gasteiger partial charge < -0.3 is 0 Å². The van der Waals surface area contributed by atoms with Crippen molar-refractivity contribution >= 4 is 64.9 Å². The number of hydrogen-bond acceptors (Lipinski definition) is 2. The molecule has 8 aromatic carbocycles. The minimum absolute atomic E-state index is 0.208. The fourth-order valence-corrected chi connectivity index (χ4v) is 8.88. The molecule has 1 aliphatic carbocycles. The Morgan fingerprint density at radius 3 is 1.51 bits per heavy atom. The van der Waals surface area contributed by atoms with Crippen LogP contribution in [0.5, 0.6) is 0 Å². The zero-order valence-electron chi connectivity index (χ0n) is 28.4. The van der Waals surface area contributed by atoms with Crippen molar-refractivity contribution in [2.75, 3.05) is 0 Å². The molecule has 0 spiro atoms. The third kappa shape index (κ3) is 3.99. The number of hydrogen-bond donors (Lipinski definition) is 0. The molecule has 0 aliphatic heterocycles. The third-order valence-corrected chi connectivity index (χ3v) is 11.4. The van der Waals surface area contributed by atoms with E-state index in [1.807, 2.05) is 6.07 Å². The van der Waals surface area contributed by atoms with Crippen molar-refractivity contribution in [3.63, 3.8) is 0 Å². The van der Waals surface area contributed by atoms with Gasteiger partial charge in [-0.3, -0.25) is 0 Å². The van der Waals surface area contributed by atoms with E-state index in [9.17, 15) is 0 Å². The summed E-state index contributed by atoms with van der Waals surface area (Å²) in [4.78, 5) is 10.6. The molecule has 0 amide bonds. The van der Waals surface area contributed by atoms with Gasteiger partial charge in [-0.05, 0) is 95.7 Å². The Kier molecular flexibility index (Phi) is 5.76. The first-order valence-corrected chi connectivity index (χ1v) is 17.8. The van der Waals surface area contributed by atoms with Gasteiger partial charge in [-0.25, -0.2) is 9.97 Å². The van der Waals surface area contributed by atoms with E-state index in [0.717, 1.165) is 44.3 Å². The Hall–Kier alpha value is -6.38. The van der Waals surface area contributed by atoms with E-state index < -0.39 is 0 Å². The highest BCUT2D eigenvalue weighted by atomic mass is 14.8. The Bertz CT molecular complexity index is 3100. The molecule has 0 radical (unpaired) electrons. The molecule has 0 atom stereocenters. The number of aromatic nitrogens is 2. The van der Waals surface area contributed by atoms with Gasteiger partial charge in [-0.2, -0.15) is 0 Å². The highest BCUT2D eigenvalue weighted by molar-refractivity contribution is 6.26. The van der Waals surface area contributed by atoms with Crippen molar-refractivity contribution in [2.24, 2.45) is 0 Å². The standard InChI is InChI=1S/C49H32N2/c1-49(2)42-27-39-35-17-9-7-15-33(35)32-14-6-8-16-34(32)38(39)26-41(42)46-37-19-11-10-18-36(37)40(28-43(46)49)45-25-23-31-21-20-30-22-24-44(29-12-4-3-5-13-29)50-47(30)48(31)51-45/h3-28H,1-2H3. The predicted octanol–water partition coefficient (Wildman–Crippen LogP) is 13.0. The van der Waals surface area contributed by atoms with Crippen molar-refractivity contribution in [3.05, 3.63) is 169 Å². The molecule has 0 saturated carbocycles. The van der Waals surface area contributed by atoms with E-state index in [2.05, 4.69) is 166 Å². The lowest BCUT2D eigenvalue weighted by Crippen LogP contribution is -2.15. The molecule has 0 saturated heterocycles. The first kappa shape index (κ1) is 28.5. The zero-order chi connectivity index (χ0) is 33.8. The Morgan fingerprint density at radius 2 is 0.863 bits per heavy atom. The summed E-state index contributed by atoms with van der Waals surface area (Å²) in [6.07, 6.45) is 0. The highest BCUT2D eigenvalue weighted by Crippen LogP contribution is 2.55. The first-order valence-electron chi connectivity index (χ1n) is 17.8. The van der Waals surface area contributed by atoms with Gasteiger partial charge in [0, 0.05) is 27.3 Å². The summed E-state index contributed by atoms with van der Waals surface area (Å²) in [5.41, 5.74) is 11.2. The second-order valence-electron chi connectivity index (χ2n) is 14.5. The van der Waals surface area contributed by atoms with Gasteiger partial charge in [-0.1, -0.05) is 141 Å². The van der Waals surface area contributed by atoms with Crippen LogP contribution in [0, 0.1) is 0 Å². The average Bonchev–Trinajstić information content (AvgIpc) is 3.42. The van der Waals surface area contributed by atoms with Crippen molar-refractivity contribution < 1.29 is 0 Å². The fraction of sp³-hybridized carbons (Fsp3) is 0.0612. The van der Waals surface area contributed by atoms with E-state index >= 15 is 0 Å². The summed E-state index contributed by atoms with van der Waals surface area (Å²) < 4.78 is 0. The Balaban J connectivity index is 1.18. The van der Waals surface area contributed by atoms with Crippen LogP contribution in [0.15, 0.2) is 158 Å². The minimum atomic E-state index is -0.208. The summed E-state index contributed by atoms with van der Waals surface area (Å²) in [5.74, 6) is 0. The number of benzene rings is 8. The maximum absolute atomic E-state index is 5.43. The molecule has 0 unspecified atom stereocenters. The number of nitrogens with zero attached hydrogens (tertiary/aromatic N) is 2. The van der Waals surface area contributed by atoms with E-state index in [-0.39, 0.29) is 5.41 Å². The maximum atomic E-state index is 5.43. The lowest BCUT2D eigenvalue weighted by molar-refractivity contribution is 0.662. The number of fused-ring (bicyclic) bond motifs is 14. The van der Waals surface area contributed by atoms with Crippen molar-refractivity contribution in [1.82, 2.24) is 9.97 Å². The number of pyridine rings is 2. The smallest absolute Gasteiger partial charge is 0.0972 e. The topological polar surface area (TPSA) is 25.8 Å². The second kappa shape index (κ2) is 10.3. The van der Waals surface area contributed by atoms with Gasteiger partial charge in [0.1, 0.15) is 0 Å². The van der Waals surface area contributed by atoms with Crippen LogP contribution in [0.3, 0.4) is 0 Å². The summed E-state index contributed by atoms with van der Waals surface area (Å²) in [6, 6.07) is 57.4. The van der Waals surface area contributed by atoms with Crippen LogP contribution in [0.4, 0.5) is 0 Å². The lowest BCUT2D eigenvalue weighted by Gasteiger charge is -2.23. The van der Waals surface area contributed by atoms with Crippen LogP contribution in [0.25, 0.3) is 98.5 Å². The second-order valence-corrected chi connectivity index (χ2v) is 14.5. The molecule has 238 valence electrons. The van der Waals surface area contributed by atoms with Crippen LogP contribution >= 0.6 is 0 Å². The summed E-state index contributed by atoms with van der Waals surface area (Å²) in [6.45, 7) is 4.78. The van der Waals surface area contributed by atoms with Crippen molar-refractivity contribution in [1.29, 1.82) is 0 Å². The molecule has 1 aliphatic rings. The molecule has 0 fully saturated rings. The van der Waals surface area contributed by atoms with Crippen molar-refractivity contribution in [2.45, 2.75) is 19.3 Å². The molecule has 2 nitrogen and oxygen atoms in total. The third-order valence-electron chi connectivity index (χ3n) is 11.4. The Morgan fingerprint density at radius 1 is 0.373 bits per heavy atom. The van der Waals surface area contributed by atoms with E-state index in [4.69, 9.17) is 9.97 Å². The van der Waals surface area contributed by atoms with E-state index in [0.29, 0.717) is 0 Å². The molecule has 51 heavy (non-hydrogen) atoms. The van der Waals surface area contributed by atoms with Gasteiger partial charge in [0.25, 0.3) is 0 Å². The summed E-state index contributed by atoms with van der Waals surface area (Å²) in [7, 11) is 0. The van der Waals surface area contributed by atoms with Crippen LogP contribution in [-0.2, 0) is 5.41 Å². The first-order chi connectivity index (χ1) is 25.0. The van der Waals surface area contributed by atoms with Gasteiger partial charge >= 0.3 is 0 Å². The zero-order valence-corrected chi connectivity index (χ0v) is 28.4.